The number of hydrogen-bond donors (Lipinski definition) is 1. The van der Waals surface area contributed by atoms with Crippen LogP contribution in [0, 0.1) is 0 Å². The van der Waals surface area contributed by atoms with Crippen LogP contribution in [-0.2, 0) is 22.6 Å². The van der Waals surface area contributed by atoms with E-state index in [1.54, 1.807) is 13.8 Å². The molecule has 1 N–H and O–H groups in total. The average molecular weight is 463 g/mol. The number of sulfonamides is 1. The number of halogens is 4. The van der Waals surface area contributed by atoms with Gasteiger partial charge in [-0.25, -0.2) is 8.42 Å². The Kier molecular flexibility index (Phi) is 7.54. The second kappa shape index (κ2) is 9.36. The molecule has 0 radical (unpaired) electrons. The molecule has 5 nitrogen and oxygen atoms in total. The summed E-state index contributed by atoms with van der Waals surface area (Å²) < 4.78 is 64.2. The minimum absolute atomic E-state index is 0.00215. The predicted molar refractivity (Wildman–Crippen MR) is 109 cm³/mol. The normalized spacial score (nSPS) is 12.4. The molecule has 0 saturated heterocycles. The number of hydrogen-bond acceptors (Lipinski definition) is 3. The standard InChI is InChI=1S/C20H22ClF3N2O3S/c1-13(2)26(3)30(28,29)16-8-9-18(21)17(12-16)19(27)25-11-10-14-4-6-15(7-5-14)20(22,23)24/h4-9,12-13H,10-11H2,1-3H3,(H,25,27). The van der Waals surface area contributed by atoms with Gasteiger partial charge in [0.25, 0.3) is 5.91 Å². The second-order valence-electron chi connectivity index (χ2n) is 6.96. The summed E-state index contributed by atoms with van der Waals surface area (Å²) in [4.78, 5) is 12.4. The number of rotatable bonds is 7. The van der Waals surface area contributed by atoms with Gasteiger partial charge in [0.2, 0.25) is 10.0 Å². The molecule has 0 aliphatic heterocycles. The van der Waals surface area contributed by atoms with Crippen molar-refractivity contribution < 1.29 is 26.4 Å². The highest BCUT2D eigenvalue weighted by Crippen LogP contribution is 2.29. The second-order valence-corrected chi connectivity index (χ2v) is 9.36. The van der Waals surface area contributed by atoms with Gasteiger partial charge in [0.1, 0.15) is 0 Å². The van der Waals surface area contributed by atoms with Crippen molar-refractivity contribution >= 4 is 27.5 Å². The molecular weight excluding hydrogens is 441 g/mol. The van der Waals surface area contributed by atoms with E-state index in [1.165, 1.54) is 41.7 Å². The van der Waals surface area contributed by atoms with Gasteiger partial charge >= 0.3 is 6.18 Å². The third kappa shape index (κ3) is 5.74. The number of benzene rings is 2. The number of carbonyl (C=O) groups is 1. The molecule has 0 aromatic heterocycles. The topological polar surface area (TPSA) is 66.5 Å². The predicted octanol–water partition coefficient (Wildman–Crippen LogP) is 4.36. The summed E-state index contributed by atoms with van der Waals surface area (Å²) in [5.41, 5.74) is -0.127. The van der Waals surface area contributed by atoms with Gasteiger partial charge in [0.05, 0.1) is 21.0 Å². The van der Waals surface area contributed by atoms with Crippen LogP contribution in [0.2, 0.25) is 5.02 Å². The van der Waals surface area contributed by atoms with Crippen molar-refractivity contribution in [1.82, 2.24) is 9.62 Å². The third-order valence-electron chi connectivity index (χ3n) is 4.57. The minimum atomic E-state index is -4.40. The molecule has 10 heteroatoms. The van der Waals surface area contributed by atoms with Crippen LogP contribution in [0.1, 0.15) is 35.3 Å². The molecule has 2 aromatic carbocycles. The molecular formula is C20H22ClF3N2O3S. The fourth-order valence-electron chi connectivity index (χ4n) is 2.56. The van der Waals surface area contributed by atoms with E-state index in [2.05, 4.69) is 5.32 Å². The maximum atomic E-state index is 12.6. The molecule has 164 valence electrons. The monoisotopic (exact) mass is 462 g/mol. The van der Waals surface area contributed by atoms with Gasteiger partial charge in [0.15, 0.2) is 0 Å². The van der Waals surface area contributed by atoms with E-state index in [9.17, 15) is 26.4 Å². The van der Waals surface area contributed by atoms with Crippen molar-refractivity contribution in [2.24, 2.45) is 0 Å². The third-order valence-corrected chi connectivity index (χ3v) is 6.93. The van der Waals surface area contributed by atoms with Crippen LogP contribution < -0.4 is 5.32 Å². The Morgan fingerprint density at radius 1 is 1.13 bits per heavy atom. The zero-order chi connectivity index (χ0) is 22.7. The van der Waals surface area contributed by atoms with E-state index >= 15 is 0 Å². The largest absolute Gasteiger partial charge is 0.416 e. The van der Waals surface area contributed by atoms with Gasteiger partial charge in [-0.3, -0.25) is 4.79 Å². The Labute approximate surface area is 178 Å². The number of alkyl halides is 3. The first-order valence-corrected chi connectivity index (χ1v) is 10.9. The Hall–Kier alpha value is -2.10. The Morgan fingerprint density at radius 2 is 1.73 bits per heavy atom. The fourth-order valence-corrected chi connectivity index (χ4v) is 4.16. The number of carbonyl (C=O) groups excluding carboxylic acids is 1. The first-order valence-electron chi connectivity index (χ1n) is 9.06. The van der Waals surface area contributed by atoms with Crippen LogP contribution in [0.15, 0.2) is 47.4 Å². The van der Waals surface area contributed by atoms with Gasteiger partial charge < -0.3 is 5.32 Å². The van der Waals surface area contributed by atoms with Crippen molar-refractivity contribution in [3.05, 3.63) is 64.2 Å². The molecule has 0 saturated carbocycles. The average Bonchev–Trinajstić information content (AvgIpc) is 2.67. The SMILES string of the molecule is CC(C)N(C)S(=O)(=O)c1ccc(Cl)c(C(=O)NCCc2ccc(C(F)(F)F)cc2)c1. The Morgan fingerprint density at radius 3 is 2.27 bits per heavy atom. The molecule has 2 rings (SSSR count). The van der Waals surface area contributed by atoms with Crippen molar-refractivity contribution in [3.8, 4) is 0 Å². The van der Waals surface area contributed by atoms with Crippen molar-refractivity contribution in [2.45, 2.75) is 37.4 Å². The van der Waals surface area contributed by atoms with Crippen LogP contribution in [-0.4, -0.2) is 38.3 Å². The van der Waals surface area contributed by atoms with E-state index in [4.69, 9.17) is 11.6 Å². The van der Waals surface area contributed by atoms with Crippen LogP contribution in [0.25, 0.3) is 0 Å². The molecule has 0 unspecified atom stereocenters. The van der Waals surface area contributed by atoms with Gasteiger partial charge in [0, 0.05) is 19.6 Å². The van der Waals surface area contributed by atoms with Crippen LogP contribution in [0.3, 0.4) is 0 Å². The molecule has 0 heterocycles. The minimum Gasteiger partial charge on any atom is -0.352 e. The summed E-state index contributed by atoms with van der Waals surface area (Å²) in [7, 11) is -2.35. The number of nitrogens with one attached hydrogen (secondary N) is 1. The zero-order valence-electron chi connectivity index (χ0n) is 16.6. The highest BCUT2D eigenvalue weighted by molar-refractivity contribution is 7.89. The number of amides is 1. The van der Waals surface area contributed by atoms with Crippen LogP contribution >= 0.6 is 11.6 Å². The highest BCUT2D eigenvalue weighted by atomic mass is 35.5. The van der Waals surface area contributed by atoms with E-state index < -0.39 is 27.7 Å². The smallest absolute Gasteiger partial charge is 0.352 e. The quantitative estimate of drug-likeness (QED) is 0.664. The Balaban J connectivity index is 2.08. The molecule has 0 fully saturated rings. The molecule has 0 aliphatic carbocycles. The summed E-state index contributed by atoms with van der Waals surface area (Å²) in [6, 6.07) is 8.26. The van der Waals surface area contributed by atoms with E-state index in [-0.39, 0.29) is 28.1 Å². The fraction of sp³-hybridized carbons (Fsp3) is 0.350. The summed E-state index contributed by atoms with van der Waals surface area (Å²) in [6.07, 6.45) is -4.10. The highest BCUT2D eigenvalue weighted by Gasteiger charge is 2.30. The Bertz CT molecular complexity index is 1010. The lowest BCUT2D eigenvalue weighted by atomic mass is 10.1. The lowest BCUT2D eigenvalue weighted by Gasteiger charge is -2.21. The van der Waals surface area contributed by atoms with Gasteiger partial charge in [-0.2, -0.15) is 17.5 Å². The van der Waals surface area contributed by atoms with Crippen molar-refractivity contribution in [1.29, 1.82) is 0 Å². The lowest BCUT2D eigenvalue weighted by Crippen LogP contribution is -2.33. The van der Waals surface area contributed by atoms with Gasteiger partial charge in [-0.15, -0.1) is 0 Å². The maximum absolute atomic E-state index is 12.6. The van der Waals surface area contributed by atoms with Crippen LogP contribution in [0.5, 0.6) is 0 Å². The summed E-state index contributed by atoms with van der Waals surface area (Å²) >= 11 is 6.06. The van der Waals surface area contributed by atoms with E-state index in [1.807, 2.05) is 0 Å². The molecule has 0 bridgehead atoms. The molecule has 0 atom stereocenters. The van der Waals surface area contributed by atoms with Crippen LogP contribution in [0.4, 0.5) is 13.2 Å². The molecule has 30 heavy (non-hydrogen) atoms. The number of nitrogens with zero attached hydrogens (tertiary/aromatic N) is 1. The molecule has 0 spiro atoms. The first kappa shape index (κ1) is 24.2. The molecule has 0 aliphatic rings. The molecule has 1 amide bonds. The van der Waals surface area contributed by atoms with Crippen molar-refractivity contribution in [3.63, 3.8) is 0 Å². The summed E-state index contributed by atoms with van der Waals surface area (Å²) in [6.45, 7) is 3.59. The summed E-state index contributed by atoms with van der Waals surface area (Å²) in [5.74, 6) is -0.573. The van der Waals surface area contributed by atoms with Gasteiger partial charge in [-0.1, -0.05) is 23.7 Å². The maximum Gasteiger partial charge on any atom is 0.416 e. The van der Waals surface area contributed by atoms with Gasteiger partial charge in [-0.05, 0) is 56.2 Å². The zero-order valence-corrected chi connectivity index (χ0v) is 18.2. The van der Waals surface area contributed by atoms with E-state index in [0.29, 0.717) is 12.0 Å². The van der Waals surface area contributed by atoms with E-state index in [0.717, 1.165) is 12.1 Å². The summed E-state index contributed by atoms with van der Waals surface area (Å²) in [5, 5.41) is 2.70. The molecule has 2 aromatic rings. The lowest BCUT2D eigenvalue weighted by molar-refractivity contribution is -0.137. The first-order chi connectivity index (χ1) is 13.8. The van der Waals surface area contributed by atoms with Crippen molar-refractivity contribution in [2.75, 3.05) is 13.6 Å².